The first-order valence-corrected chi connectivity index (χ1v) is 3.06. The summed E-state index contributed by atoms with van der Waals surface area (Å²) in [5.41, 5.74) is 0. The van der Waals surface area contributed by atoms with Crippen LogP contribution in [0.15, 0.2) is 10.8 Å². The van der Waals surface area contributed by atoms with Crippen LogP contribution >= 0.6 is 15.9 Å². The molecule has 0 bridgehead atoms. The van der Waals surface area contributed by atoms with Crippen molar-refractivity contribution in [3.63, 3.8) is 0 Å². The molecular weight excluding hydrogens is 184 g/mol. The molecule has 0 fully saturated rings. The number of halogens is 1. The zero-order chi connectivity index (χ0) is 6.69. The van der Waals surface area contributed by atoms with Crippen LogP contribution in [0, 0.1) is 6.07 Å². The highest BCUT2D eigenvalue weighted by atomic mass is 79.9. The van der Waals surface area contributed by atoms with Crippen molar-refractivity contribution in [2.24, 2.45) is 0 Å². The third kappa shape index (κ3) is 1.64. The number of hydrogen-bond donors (Lipinski definition) is 0. The smallest absolute Gasteiger partial charge is 0.317 e. The molecule has 0 aliphatic heterocycles. The highest BCUT2D eigenvalue weighted by molar-refractivity contribution is 9.10. The molecule has 0 aliphatic rings. The van der Waals surface area contributed by atoms with Crippen LogP contribution in [0.5, 0.6) is 6.01 Å². The number of hydrogen-bond acceptors (Lipinski definition) is 3. The van der Waals surface area contributed by atoms with E-state index in [1.54, 1.807) is 0 Å². The van der Waals surface area contributed by atoms with E-state index in [1.165, 1.54) is 13.3 Å². The number of rotatable bonds is 1. The van der Waals surface area contributed by atoms with E-state index >= 15 is 0 Å². The van der Waals surface area contributed by atoms with Gasteiger partial charge in [0.05, 0.1) is 7.11 Å². The van der Waals surface area contributed by atoms with E-state index in [1.807, 2.05) is 0 Å². The Hall–Kier alpha value is -0.640. The minimum atomic E-state index is 0.348. The molecule has 4 heteroatoms. The summed E-state index contributed by atoms with van der Waals surface area (Å²) in [5, 5.41) is 0. The van der Waals surface area contributed by atoms with E-state index in [-0.39, 0.29) is 0 Å². The predicted octanol–water partition coefficient (Wildman–Crippen LogP) is 1.05. The normalized spacial score (nSPS) is 9.11. The fourth-order valence-electron chi connectivity index (χ4n) is 0.384. The molecule has 47 valence electrons. The van der Waals surface area contributed by atoms with Crippen molar-refractivity contribution in [2.45, 2.75) is 0 Å². The zero-order valence-corrected chi connectivity index (χ0v) is 6.34. The lowest BCUT2D eigenvalue weighted by molar-refractivity contribution is 0.378. The second-order valence-electron chi connectivity index (χ2n) is 1.29. The lowest BCUT2D eigenvalue weighted by Crippen LogP contribution is -1.90. The number of aromatic nitrogens is 2. The third-order valence-corrected chi connectivity index (χ3v) is 1.14. The van der Waals surface area contributed by atoms with E-state index in [4.69, 9.17) is 4.74 Å². The standard InChI is InChI=1S/C5H4BrN2O/c1-9-5-7-3-2-4(6)8-5/h3H,1H3. The fraction of sp³-hybridized carbons (Fsp3) is 0.200. The van der Waals surface area contributed by atoms with Crippen LogP contribution in [0.2, 0.25) is 0 Å². The minimum absolute atomic E-state index is 0.348. The summed E-state index contributed by atoms with van der Waals surface area (Å²) in [4.78, 5) is 7.56. The molecule has 1 aromatic rings. The summed E-state index contributed by atoms with van der Waals surface area (Å²) in [5.74, 6) is 0. The van der Waals surface area contributed by atoms with Gasteiger partial charge in [-0.25, -0.2) is 4.98 Å². The Balaban J connectivity index is 2.94. The molecule has 0 atom stereocenters. The van der Waals surface area contributed by atoms with Crippen LogP contribution in [0.1, 0.15) is 0 Å². The molecule has 0 unspecified atom stereocenters. The van der Waals surface area contributed by atoms with Gasteiger partial charge < -0.3 is 4.74 Å². The first kappa shape index (κ1) is 6.48. The van der Waals surface area contributed by atoms with Gasteiger partial charge in [0.25, 0.3) is 0 Å². The third-order valence-electron chi connectivity index (χ3n) is 0.735. The van der Waals surface area contributed by atoms with Gasteiger partial charge in [0.1, 0.15) is 4.60 Å². The second-order valence-corrected chi connectivity index (χ2v) is 2.04. The number of ether oxygens (including phenoxy) is 1. The van der Waals surface area contributed by atoms with Crippen LogP contribution < -0.4 is 4.74 Å². The van der Waals surface area contributed by atoms with E-state index in [2.05, 4.69) is 32.0 Å². The Morgan fingerprint density at radius 1 is 1.78 bits per heavy atom. The van der Waals surface area contributed by atoms with Gasteiger partial charge in [0.2, 0.25) is 0 Å². The minimum Gasteiger partial charge on any atom is -0.467 e. The Morgan fingerprint density at radius 3 is 3.00 bits per heavy atom. The number of nitrogens with zero attached hydrogens (tertiary/aromatic N) is 2. The Bertz CT molecular complexity index is 204. The van der Waals surface area contributed by atoms with Crippen LogP contribution in [-0.2, 0) is 0 Å². The maximum absolute atomic E-state index is 4.72. The van der Waals surface area contributed by atoms with Gasteiger partial charge in [0, 0.05) is 12.3 Å². The van der Waals surface area contributed by atoms with Crippen molar-refractivity contribution in [3.8, 4) is 6.01 Å². The SMILES string of the molecule is COc1nc[c]c(Br)n1. The van der Waals surface area contributed by atoms with Crippen molar-refractivity contribution in [2.75, 3.05) is 7.11 Å². The molecule has 0 saturated heterocycles. The maximum atomic E-state index is 4.72. The molecule has 0 spiro atoms. The lowest BCUT2D eigenvalue weighted by Gasteiger charge is -1.93. The predicted molar refractivity (Wildman–Crippen MR) is 35.1 cm³/mol. The van der Waals surface area contributed by atoms with Crippen LogP contribution in [-0.4, -0.2) is 17.1 Å². The van der Waals surface area contributed by atoms with Gasteiger partial charge in [-0.2, -0.15) is 4.98 Å². The first-order chi connectivity index (χ1) is 4.33. The Kier molecular flexibility index (Phi) is 2.00. The topological polar surface area (TPSA) is 35.0 Å². The van der Waals surface area contributed by atoms with Gasteiger partial charge >= 0.3 is 6.01 Å². The molecule has 1 aromatic heterocycles. The van der Waals surface area contributed by atoms with Crippen molar-refractivity contribution in [3.05, 3.63) is 16.9 Å². The summed E-state index contributed by atoms with van der Waals surface area (Å²) in [6.45, 7) is 0. The largest absolute Gasteiger partial charge is 0.467 e. The van der Waals surface area contributed by atoms with Crippen LogP contribution in [0.3, 0.4) is 0 Å². The summed E-state index contributed by atoms with van der Waals surface area (Å²) in [6.07, 6.45) is 1.50. The van der Waals surface area contributed by atoms with Gasteiger partial charge in [0.15, 0.2) is 0 Å². The molecule has 9 heavy (non-hydrogen) atoms. The first-order valence-electron chi connectivity index (χ1n) is 2.27. The summed E-state index contributed by atoms with van der Waals surface area (Å²) >= 11 is 3.12. The molecule has 0 N–H and O–H groups in total. The molecule has 0 aromatic carbocycles. The summed E-state index contributed by atoms with van der Waals surface area (Å²) < 4.78 is 5.33. The summed E-state index contributed by atoms with van der Waals surface area (Å²) in [6, 6.07) is 3.07. The van der Waals surface area contributed by atoms with Crippen molar-refractivity contribution in [1.29, 1.82) is 0 Å². The molecular formula is C5H4BrN2O. The van der Waals surface area contributed by atoms with E-state index in [0.29, 0.717) is 10.6 Å². The molecule has 0 saturated carbocycles. The van der Waals surface area contributed by atoms with Gasteiger partial charge in [-0.1, -0.05) is 0 Å². The van der Waals surface area contributed by atoms with Crippen molar-refractivity contribution in [1.82, 2.24) is 9.97 Å². The second kappa shape index (κ2) is 2.77. The Labute approximate surface area is 61.2 Å². The Morgan fingerprint density at radius 2 is 2.56 bits per heavy atom. The van der Waals surface area contributed by atoms with Gasteiger partial charge in [-0.3, -0.25) is 0 Å². The highest BCUT2D eigenvalue weighted by Gasteiger charge is 1.92. The quantitative estimate of drug-likeness (QED) is 0.617. The zero-order valence-electron chi connectivity index (χ0n) is 4.76. The monoisotopic (exact) mass is 187 g/mol. The molecule has 1 radical (unpaired) electrons. The van der Waals surface area contributed by atoms with E-state index < -0.39 is 0 Å². The van der Waals surface area contributed by atoms with Crippen LogP contribution in [0.4, 0.5) is 0 Å². The maximum Gasteiger partial charge on any atom is 0.317 e. The van der Waals surface area contributed by atoms with Gasteiger partial charge in [-0.05, 0) is 15.9 Å². The van der Waals surface area contributed by atoms with E-state index in [9.17, 15) is 0 Å². The fourth-order valence-corrected chi connectivity index (χ4v) is 0.638. The molecule has 1 heterocycles. The summed E-state index contributed by atoms with van der Waals surface area (Å²) in [7, 11) is 1.52. The van der Waals surface area contributed by atoms with Crippen molar-refractivity contribution < 1.29 is 4.74 Å². The average molecular weight is 188 g/mol. The van der Waals surface area contributed by atoms with E-state index in [0.717, 1.165) is 0 Å². The molecule has 0 aliphatic carbocycles. The molecule has 3 nitrogen and oxygen atoms in total. The average Bonchev–Trinajstić information content (AvgIpc) is 1.88. The lowest BCUT2D eigenvalue weighted by atomic mass is 10.7. The molecule has 1 rings (SSSR count). The van der Waals surface area contributed by atoms with Crippen LogP contribution in [0.25, 0.3) is 0 Å². The van der Waals surface area contributed by atoms with Crippen molar-refractivity contribution >= 4 is 15.9 Å². The molecule has 0 amide bonds. The number of methoxy groups -OCH3 is 1. The van der Waals surface area contributed by atoms with Gasteiger partial charge in [-0.15, -0.1) is 0 Å². The highest BCUT2D eigenvalue weighted by Crippen LogP contribution is 2.06.